The lowest BCUT2D eigenvalue weighted by molar-refractivity contribution is 0.0633. The molecule has 1 aliphatic carbocycles. The van der Waals surface area contributed by atoms with Gasteiger partial charge in [0.25, 0.3) is 0 Å². The van der Waals surface area contributed by atoms with Gasteiger partial charge >= 0.3 is 5.69 Å². The number of nitrogens with two attached hydrogens (primary N) is 1. The Balaban J connectivity index is 2.16. The summed E-state index contributed by atoms with van der Waals surface area (Å²) in [5, 5.41) is 0. The number of rotatable bonds is 5. The molecule has 0 bridgehead atoms. The van der Waals surface area contributed by atoms with Gasteiger partial charge in [0.1, 0.15) is 0 Å². The maximum atomic E-state index is 13.6. The van der Waals surface area contributed by atoms with Crippen molar-refractivity contribution in [3.63, 3.8) is 0 Å². The molecule has 1 aromatic carbocycles. The summed E-state index contributed by atoms with van der Waals surface area (Å²) in [6.07, 6.45) is 4.56. The molecule has 1 heterocycles. The van der Waals surface area contributed by atoms with E-state index >= 15 is 0 Å². The van der Waals surface area contributed by atoms with Crippen LogP contribution in [0, 0.1) is 23.7 Å². The van der Waals surface area contributed by atoms with Crippen molar-refractivity contribution >= 4 is 27.7 Å². The SMILES string of the molecule is CC1CC[C@@H](C(C)C)C(C(=O)n2c(=O)n(CCN)c3cc(S(C)=O)ccc32)C1. The Bertz CT molecular complexity index is 960. The van der Waals surface area contributed by atoms with Crippen molar-refractivity contribution in [2.24, 2.45) is 29.4 Å². The number of hydrogen-bond donors (Lipinski definition) is 1. The van der Waals surface area contributed by atoms with Crippen molar-refractivity contribution in [3.05, 3.63) is 28.7 Å². The van der Waals surface area contributed by atoms with Crippen LogP contribution < -0.4 is 11.4 Å². The van der Waals surface area contributed by atoms with E-state index in [1.165, 1.54) is 4.57 Å². The van der Waals surface area contributed by atoms with Crippen molar-refractivity contribution in [2.75, 3.05) is 12.8 Å². The lowest BCUT2D eigenvalue weighted by Crippen LogP contribution is -2.40. The molecule has 2 N–H and O–H groups in total. The predicted molar refractivity (Wildman–Crippen MR) is 113 cm³/mol. The largest absolute Gasteiger partial charge is 0.336 e. The fourth-order valence-electron chi connectivity index (χ4n) is 4.62. The van der Waals surface area contributed by atoms with E-state index in [-0.39, 0.29) is 23.4 Å². The minimum Gasteiger partial charge on any atom is -0.329 e. The van der Waals surface area contributed by atoms with Crippen LogP contribution in [0.2, 0.25) is 0 Å². The van der Waals surface area contributed by atoms with Crippen LogP contribution in [-0.2, 0) is 17.3 Å². The molecule has 3 unspecified atom stereocenters. The fraction of sp³-hybridized carbons (Fsp3) is 0.619. The molecule has 0 spiro atoms. The van der Waals surface area contributed by atoms with Gasteiger partial charge in [-0.25, -0.2) is 9.36 Å². The maximum Gasteiger partial charge on any atom is 0.336 e. The van der Waals surface area contributed by atoms with Gasteiger partial charge in [0, 0.05) is 41.0 Å². The van der Waals surface area contributed by atoms with Crippen LogP contribution in [0.3, 0.4) is 0 Å². The zero-order valence-corrected chi connectivity index (χ0v) is 18.0. The van der Waals surface area contributed by atoms with E-state index in [0.717, 1.165) is 19.3 Å². The third-order valence-corrected chi connectivity index (χ3v) is 7.06. The number of benzene rings is 1. The highest BCUT2D eigenvalue weighted by Crippen LogP contribution is 2.39. The van der Waals surface area contributed by atoms with E-state index in [0.29, 0.717) is 40.9 Å². The summed E-state index contributed by atoms with van der Waals surface area (Å²) in [7, 11) is -1.17. The first-order valence-corrected chi connectivity index (χ1v) is 11.6. The van der Waals surface area contributed by atoms with Gasteiger partial charge in [0.05, 0.1) is 11.0 Å². The predicted octanol–water partition coefficient (Wildman–Crippen LogP) is 2.85. The second-order valence-electron chi connectivity index (χ2n) is 8.43. The molecule has 3 rings (SSSR count). The van der Waals surface area contributed by atoms with Gasteiger partial charge < -0.3 is 5.73 Å². The van der Waals surface area contributed by atoms with E-state index in [4.69, 9.17) is 5.73 Å². The van der Waals surface area contributed by atoms with Gasteiger partial charge in [0.2, 0.25) is 5.91 Å². The Labute approximate surface area is 168 Å². The van der Waals surface area contributed by atoms with E-state index in [9.17, 15) is 13.8 Å². The topological polar surface area (TPSA) is 87.1 Å². The molecule has 1 aromatic heterocycles. The first-order chi connectivity index (χ1) is 13.3. The van der Waals surface area contributed by atoms with Crippen LogP contribution in [0.1, 0.15) is 44.8 Å². The number of carbonyl (C=O) groups is 1. The van der Waals surface area contributed by atoms with Crippen LogP contribution in [0.15, 0.2) is 27.9 Å². The quantitative estimate of drug-likeness (QED) is 0.829. The van der Waals surface area contributed by atoms with E-state index in [1.54, 1.807) is 29.0 Å². The third kappa shape index (κ3) is 3.74. The summed E-state index contributed by atoms with van der Waals surface area (Å²) in [5.74, 6) is 0.889. The van der Waals surface area contributed by atoms with Gasteiger partial charge in [-0.05, 0) is 48.8 Å². The summed E-state index contributed by atoms with van der Waals surface area (Å²) in [6.45, 7) is 7.11. The Morgan fingerprint density at radius 2 is 2.00 bits per heavy atom. The van der Waals surface area contributed by atoms with Crippen molar-refractivity contribution < 1.29 is 9.00 Å². The molecular weight excluding hydrogens is 374 g/mol. The molecule has 1 fully saturated rings. The number of hydrogen-bond acceptors (Lipinski definition) is 4. The molecule has 154 valence electrons. The van der Waals surface area contributed by atoms with E-state index < -0.39 is 10.8 Å². The van der Waals surface area contributed by atoms with Gasteiger partial charge in [-0.15, -0.1) is 0 Å². The zero-order chi connectivity index (χ0) is 20.6. The van der Waals surface area contributed by atoms with Crippen molar-refractivity contribution in [1.82, 2.24) is 9.13 Å². The normalized spacial score (nSPS) is 24.0. The number of aromatic nitrogens is 2. The van der Waals surface area contributed by atoms with Crippen molar-refractivity contribution in [1.29, 1.82) is 0 Å². The van der Waals surface area contributed by atoms with Crippen molar-refractivity contribution in [3.8, 4) is 0 Å². The molecule has 7 heteroatoms. The second kappa shape index (κ2) is 8.33. The first-order valence-electron chi connectivity index (χ1n) is 10.1. The van der Waals surface area contributed by atoms with Gasteiger partial charge in [-0.2, -0.15) is 0 Å². The lowest BCUT2D eigenvalue weighted by atomic mass is 9.69. The summed E-state index contributed by atoms with van der Waals surface area (Å²) in [6, 6.07) is 5.22. The van der Waals surface area contributed by atoms with Gasteiger partial charge in [0.15, 0.2) is 0 Å². The Morgan fingerprint density at radius 3 is 2.61 bits per heavy atom. The minimum atomic E-state index is -1.17. The minimum absolute atomic E-state index is 0.110. The molecule has 0 amide bonds. The van der Waals surface area contributed by atoms with E-state index in [2.05, 4.69) is 20.8 Å². The average molecular weight is 406 g/mol. The summed E-state index contributed by atoms with van der Waals surface area (Å²) >= 11 is 0. The molecule has 1 aliphatic rings. The number of imidazole rings is 1. The summed E-state index contributed by atoms with van der Waals surface area (Å²) in [5.41, 5.74) is 6.58. The van der Waals surface area contributed by atoms with Crippen LogP contribution in [0.25, 0.3) is 11.0 Å². The van der Waals surface area contributed by atoms with Crippen molar-refractivity contribution in [2.45, 2.75) is 51.5 Å². The lowest BCUT2D eigenvalue weighted by Gasteiger charge is -2.36. The molecule has 4 atom stereocenters. The average Bonchev–Trinajstić information content (AvgIpc) is 2.92. The number of fused-ring (bicyclic) bond motifs is 1. The molecule has 0 radical (unpaired) electrons. The zero-order valence-electron chi connectivity index (χ0n) is 17.2. The summed E-state index contributed by atoms with van der Waals surface area (Å²) < 4.78 is 14.8. The van der Waals surface area contributed by atoms with Crippen LogP contribution in [0.5, 0.6) is 0 Å². The first kappa shape index (κ1) is 21.0. The monoisotopic (exact) mass is 405 g/mol. The fourth-order valence-corrected chi connectivity index (χ4v) is 5.16. The van der Waals surface area contributed by atoms with Crippen LogP contribution in [0.4, 0.5) is 0 Å². The summed E-state index contributed by atoms with van der Waals surface area (Å²) in [4.78, 5) is 27.4. The Hall–Kier alpha value is -1.73. The highest BCUT2D eigenvalue weighted by molar-refractivity contribution is 7.84. The van der Waals surface area contributed by atoms with Gasteiger partial charge in [-0.3, -0.25) is 13.6 Å². The highest BCUT2D eigenvalue weighted by Gasteiger charge is 2.37. The molecule has 1 saturated carbocycles. The van der Waals surface area contributed by atoms with E-state index in [1.807, 2.05) is 0 Å². The molecule has 28 heavy (non-hydrogen) atoms. The number of nitrogens with zero attached hydrogens (tertiary/aromatic N) is 2. The molecule has 0 saturated heterocycles. The molecule has 6 nitrogen and oxygen atoms in total. The molecule has 2 aromatic rings. The highest BCUT2D eigenvalue weighted by atomic mass is 32.2. The smallest absolute Gasteiger partial charge is 0.329 e. The van der Waals surface area contributed by atoms with Gasteiger partial charge in [-0.1, -0.05) is 27.2 Å². The van der Waals surface area contributed by atoms with Crippen LogP contribution in [-0.4, -0.2) is 32.1 Å². The maximum absolute atomic E-state index is 13.6. The molecular formula is C21H31N3O3S. The standard InChI is InChI=1S/C21H31N3O3S/c1-13(2)16-7-5-14(3)11-17(16)20(25)24-18-8-6-15(28(4)27)12-19(18)23(10-9-22)21(24)26/h6,8,12-14,16-17H,5,7,9-11,22H2,1-4H3/t14?,16-,17?,28?/m0/s1. The molecule has 0 aliphatic heterocycles. The number of carbonyl (C=O) groups excluding carboxylic acids is 1. The Kier molecular flexibility index (Phi) is 6.25. The third-order valence-electron chi connectivity index (χ3n) is 6.15. The van der Waals surface area contributed by atoms with Crippen LogP contribution >= 0.6 is 0 Å². The second-order valence-corrected chi connectivity index (χ2v) is 9.81. The Morgan fingerprint density at radius 1 is 1.29 bits per heavy atom.